The van der Waals surface area contributed by atoms with Gasteiger partial charge in [-0.05, 0) is 39.2 Å². The van der Waals surface area contributed by atoms with Crippen molar-refractivity contribution in [2.45, 2.75) is 6.42 Å². The van der Waals surface area contributed by atoms with E-state index in [9.17, 15) is 14.5 Å². The van der Waals surface area contributed by atoms with E-state index in [0.717, 1.165) is 5.56 Å². The van der Waals surface area contributed by atoms with Crippen molar-refractivity contribution in [3.8, 4) is 0 Å². The molecule has 0 atom stereocenters. The van der Waals surface area contributed by atoms with Crippen molar-refractivity contribution < 1.29 is 9.31 Å². The lowest BCUT2D eigenvalue weighted by molar-refractivity contribution is -0.425. The van der Waals surface area contributed by atoms with Crippen LogP contribution in [0, 0.1) is 15.9 Å². The summed E-state index contributed by atoms with van der Waals surface area (Å²) in [5.41, 5.74) is 1.51. The first-order valence-corrected chi connectivity index (χ1v) is 6.69. The molecule has 0 saturated carbocycles. The number of benzene rings is 2. The molecule has 0 unspecified atom stereocenters. The monoisotopic (exact) mass is 335 g/mol. The van der Waals surface area contributed by atoms with E-state index in [1.165, 1.54) is 24.3 Å². The van der Waals surface area contributed by atoms with E-state index >= 15 is 0 Å². The third-order valence-electron chi connectivity index (χ3n) is 2.74. The van der Waals surface area contributed by atoms with Crippen molar-refractivity contribution in [1.82, 2.24) is 0 Å². The molecule has 0 fully saturated rings. The second kappa shape index (κ2) is 6.43. The smallest absolute Gasteiger partial charge is 0.251 e. The van der Waals surface area contributed by atoms with Gasteiger partial charge in [-0.3, -0.25) is 10.1 Å². The van der Waals surface area contributed by atoms with Gasteiger partial charge in [0.2, 0.25) is 0 Å². The summed E-state index contributed by atoms with van der Waals surface area (Å²) in [7, 11) is 0. The highest BCUT2D eigenvalue weighted by Gasteiger charge is 2.12. The molecule has 0 aliphatic heterocycles. The summed E-state index contributed by atoms with van der Waals surface area (Å²) in [4.78, 5) is 10.7. The molecule has 0 bridgehead atoms. The van der Waals surface area contributed by atoms with Gasteiger partial charge in [-0.25, -0.2) is 4.39 Å². The van der Waals surface area contributed by atoms with Crippen molar-refractivity contribution in [3.63, 3.8) is 0 Å². The Hall–Kier alpha value is -2.01. The van der Waals surface area contributed by atoms with E-state index in [-0.39, 0.29) is 16.6 Å². The number of nitrogens with zero attached hydrogens (tertiary/aromatic N) is 1. The molecule has 2 rings (SSSR count). The van der Waals surface area contributed by atoms with Crippen molar-refractivity contribution in [2.75, 3.05) is 0 Å². The minimum absolute atomic E-state index is 0.0645. The van der Waals surface area contributed by atoms with Crippen LogP contribution in [-0.4, -0.2) is 4.92 Å². The topological polar surface area (TPSA) is 43.1 Å². The van der Waals surface area contributed by atoms with Gasteiger partial charge in [0.15, 0.2) is 0 Å². The predicted octanol–water partition coefficient (Wildman–Crippen LogP) is 4.45. The van der Waals surface area contributed by atoms with Crippen molar-refractivity contribution in [3.05, 3.63) is 85.8 Å². The van der Waals surface area contributed by atoms with Gasteiger partial charge < -0.3 is 0 Å². The Morgan fingerprint density at radius 2 is 1.95 bits per heavy atom. The van der Waals surface area contributed by atoms with E-state index in [1.54, 1.807) is 0 Å². The maximum atomic E-state index is 13.1. The Balaban J connectivity index is 2.30. The maximum Gasteiger partial charge on any atom is 0.251 e. The van der Waals surface area contributed by atoms with Crippen LogP contribution in [0.15, 0.2) is 58.7 Å². The largest absolute Gasteiger partial charge is 0.259 e. The van der Waals surface area contributed by atoms with E-state index in [1.807, 2.05) is 30.3 Å². The Morgan fingerprint density at radius 3 is 2.55 bits per heavy atom. The second-order valence-corrected chi connectivity index (χ2v) is 5.08. The first-order chi connectivity index (χ1) is 9.56. The molecule has 0 aromatic heterocycles. The number of rotatable bonds is 4. The van der Waals surface area contributed by atoms with Crippen LogP contribution in [0.25, 0.3) is 6.08 Å². The zero-order chi connectivity index (χ0) is 14.5. The Morgan fingerprint density at radius 1 is 1.25 bits per heavy atom. The van der Waals surface area contributed by atoms with Crippen LogP contribution >= 0.6 is 15.9 Å². The first-order valence-electron chi connectivity index (χ1n) is 5.90. The van der Waals surface area contributed by atoms with Crippen LogP contribution in [0.5, 0.6) is 0 Å². The fraction of sp³-hybridized carbons (Fsp3) is 0.0667. The molecule has 20 heavy (non-hydrogen) atoms. The highest BCUT2D eigenvalue weighted by molar-refractivity contribution is 9.10. The number of allylic oxidation sites excluding steroid dienone is 1. The molecule has 3 nitrogen and oxygen atoms in total. The average Bonchev–Trinajstić information content (AvgIpc) is 2.43. The molecule has 0 heterocycles. The highest BCUT2D eigenvalue weighted by atomic mass is 79.9. The summed E-state index contributed by atoms with van der Waals surface area (Å²) in [5, 5.41) is 11.1. The van der Waals surface area contributed by atoms with Gasteiger partial charge in [-0.15, -0.1) is 0 Å². The summed E-state index contributed by atoms with van der Waals surface area (Å²) < 4.78 is 13.4. The molecule has 0 amide bonds. The number of nitro groups is 1. The van der Waals surface area contributed by atoms with Gasteiger partial charge in [-0.2, -0.15) is 0 Å². The zero-order valence-electron chi connectivity index (χ0n) is 10.4. The van der Waals surface area contributed by atoms with Gasteiger partial charge in [0.05, 0.1) is 15.8 Å². The molecule has 0 spiro atoms. The molecular weight excluding hydrogens is 325 g/mol. The van der Waals surface area contributed by atoms with Gasteiger partial charge in [-0.1, -0.05) is 36.4 Å². The molecule has 0 aliphatic rings. The molecule has 0 aliphatic carbocycles. The van der Waals surface area contributed by atoms with Crippen molar-refractivity contribution in [2.24, 2.45) is 0 Å². The van der Waals surface area contributed by atoms with Gasteiger partial charge >= 0.3 is 0 Å². The van der Waals surface area contributed by atoms with E-state index in [0.29, 0.717) is 5.56 Å². The zero-order valence-corrected chi connectivity index (χ0v) is 12.0. The molecule has 2 aromatic carbocycles. The van der Waals surface area contributed by atoms with Gasteiger partial charge in [0, 0.05) is 6.08 Å². The highest BCUT2D eigenvalue weighted by Crippen LogP contribution is 2.20. The van der Waals surface area contributed by atoms with Crippen molar-refractivity contribution >= 4 is 22.0 Å². The molecule has 5 heteroatoms. The quantitative estimate of drug-likeness (QED) is 0.612. The lowest BCUT2D eigenvalue weighted by Crippen LogP contribution is -2.02. The van der Waals surface area contributed by atoms with Gasteiger partial charge in [0.1, 0.15) is 5.82 Å². The first kappa shape index (κ1) is 14.4. The summed E-state index contributed by atoms with van der Waals surface area (Å²) in [5.74, 6) is -0.395. The number of halogens is 2. The van der Waals surface area contributed by atoms with Crippen LogP contribution in [-0.2, 0) is 6.42 Å². The second-order valence-electron chi connectivity index (χ2n) is 4.23. The molecule has 0 radical (unpaired) electrons. The average molecular weight is 336 g/mol. The number of hydrogen-bond donors (Lipinski definition) is 0. The SMILES string of the molecule is O=[N+]([O-])C(=Cc1ccc(F)c(Br)c1)Cc1ccccc1. The lowest BCUT2D eigenvalue weighted by atomic mass is 10.1. The minimum atomic E-state index is -0.412. The van der Waals surface area contributed by atoms with E-state index < -0.39 is 10.7 Å². The lowest BCUT2D eigenvalue weighted by Gasteiger charge is -2.01. The maximum absolute atomic E-state index is 13.1. The molecular formula is C15H11BrFNO2. The molecule has 0 N–H and O–H groups in total. The Labute approximate surface area is 124 Å². The summed E-state index contributed by atoms with van der Waals surface area (Å²) >= 11 is 3.07. The third kappa shape index (κ3) is 3.74. The molecule has 2 aromatic rings. The Kier molecular flexibility index (Phi) is 4.63. The number of hydrogen-bond acceptors (Lipinski definition) is 2. The summed E-state index contributed by atoms with van der Waals surface area (Å²) in [6.45, 7) is 0. The van der Waals surface area contributed by atoms with Crippen LogP contribution in [0.1, 0.15) is 11.1 Å². The normalized spacial score (nSPS) is 11.4. The van der Waals surface area contributed by atoms with Crippen LogP contribution in [0.4, 0.5) is 4.39 Å². The fourth-order valence-electron chi connectivity index (χ4n) is 1.77. The molecule has 102 valence electrons. The van der Waals surface area contributed by atoms with E-state index in [2.05, 4.69) is 15.9 Å². The standard InChI is InChI=1S/C15H11BrFNO2/c16-14-10-12(6-7-15(14)17)9-13(18(19)20)8-11-4-2-1-3-5-11/h1-7,9-10H,8H2. The van der Waals surface area contributed by atoms with Crippen LogP contribution in [0.3, 0.4) is 0 Å². The summed E-state index contributed by atoms with van der Waals surface area (Å²) in [6, 6.07) is 13.5. The molecule has 0 saturated heterocycles. The third-order valence-corrected chi connectivity index (χ3v) is 3.35. The van der Waals surface area contributed by atoms with Crippen LogP contribution < -0.4 is 0 Å². The van der Waals surface area contributed by atoms with E-state index in [4.69, 9.17) is 0 Å². The Bertz CT molecular complexity index is 656. The minimum Gasteiger partial charge on any atom is -0.259 e. The predicted molar refractivity (Wildman–Crippen MR) is 79.2 cm³/mol. The van der Waals surface area contributed by atoms with Crippen LogP contribution in [0.2, 0.25) is 0 Å². The van der Waals surface area contributed by atoms with Crippen molar-refractivity contribution in [1.29, 1.82) is 0 Å². The van der Waals surface area contributed by atoms with Gasteiger partial charge in [0.25, 0.3) is 5.70 Å². The fourth-order valence-corrected chi connectivity index (χ4v) is 2.16. The summed E-state index contributed by atoms with van der Waals surface area (Å²) in [6.07, 6.45) is 1.68.